The smallest absolute Gasteiger partial charge is 0.410 e. The first-order valence-corrected chi connectivity index (χ1v) is 11.3. The van der Waals surface area contributed by atoms with Crippen LogP contribution in [-0.4, -0.2) is 58.7 Å². The summed E-state index contributed by atoms with van der Waals surface area (Å²) in [7, 11) is 1.89. The van der Waals surface area contributed by atoms with Gasteiger partial charge in [0.25, 0.3) is 0 Å². The predicted octanol–water partition coefficient (Wildman–Crippen LogP) is 4.54. The molecular weight excluding hydrogens is 426 g/mol. The van der Waals surface area contributed by atoms with Crippen LogP contribution in [0.3, 0.4) is 0 Å². The maximum absolute atomic E-state index is 15.1. The Bertz CT molecular complexity index is 1150. The summed E-state index contributed by atoms with van der Waals surface area (Å²) in [6.45, 7) is 6.60. The molecule has 0 spiro atoms. The van der Waals surface area contributed by atoms with E-state index < -0.39 is 17.3 Å². The number of nitrogens with zero attached hydrogens (tertiary/aromatic N) is 3. The fourth-order valence-electron chi connectivity index (χ4n) is 4.99. The van der Waals surface area contributed by atoms with Gasteiger partial charge in [-0.15, -0.1) is 0 Å². The minimum absolute atomic E-state index is 0.0242. The molecule has 33 heavy (non-hydrogen) atoms. The standard InChI is InChI=1S/C25H28F2N4O2/c1-25(2,3)33-24(32)31-10-7-14(8-11-31)17-12-18-19-16(13-30(18)4)21(27)20(26)15-6-5-9-28-22(15)23(19)29-17/h5-7,9,13,17-18,29H,8,10-12H2,1-4H3. The third-order valence-corrected chi connectivity index (χ3v) is 6.55. The SMILES string of the molecule is CN1C=C2C(F)=C(F)c3cccnc3C3=C2C1CC(C1=CCN(C(=O)OC(C)(C)C)CC1)N3. The average Bonchev–Trinajstić information content (AvgIpc) is 3.09. The van der Waals surface area contributed by atoms with E-state index in [1.807, 2.05) is 32.7 Å². The van der Waals surface area contributed by atoms with Gasteiger partial charge >= 0.3 is 6.09 Å². The van der Waals surface area contributed by atoms with Crippen molar-refractivity contribution in [3.63, 3.8) is 0 Å². The first-order chi connectivity index (χ1) is 15.6. The summed E-state index contributed by atoms with van der Waals surface area (Å²) < 4.78 is 35.6. The number of carbonyl (C=O) groups is 1. The number of pyridine rings is 1. The second-order valence-electron chi connectivity index (χ2n) is 9.93. The van der Waals surface area contributed by atoms with E-state index in [-0.39, 0.29) is 29.3 Å². The van der Waals surface area contributed by atoms with Gasteiger partial charge in [0.2, 0.25) is 0 Å². The lowest BCUT2D eigenvalue weighted by molar-refractivity contribution is 0.0264. The Morgan fingerprint density at radius 1 is 1.27 bits per heavy atom. The van der Waals surface area contributed by atoms with E-state index in [1.165, 1.54) is 5.57 Å². The number of hydrogen-bond donors (Lipinski definition) is 1. The number of ether oxygens (including phenoxy) is 1. The van der Waals surface area contributed by atoms with E-state index >= 15 is 8.78 Å². The summed E-state index contributed by atoms with van der Waals surface area (Å²) >= 11 is 0. The maximum atomic E-state index is 15.1. The normalized spacial score (nSPS) is 24.5. The molecule has 0 radical (unpaired) electrons. The molecule has 2 atom stereocenters. The molecule has 2 unspecified atom stereocenters. The lowest BCUT2D eigenvalue weighted by Crippen LogP contribution is -2.46. The number of likely N-dealkylation sites (N-methyl/N-ethyl adjacent to an activating group) is 1. The molecule has 5 rings (SSSR count). The summed E-state index contributed by atoms with van der Waals surface area (Å²) in [6, 6.07) is 3.07. The van der Waals surface area contributed by atoms with Gasteiger partial charge < -0.3 is 19.9 Å². The predicted molar refractivity (Wildman–Crippen MR) is 122 cm³/mol. The van der Waals surface area contributed by atoms with Crippen molar-refractivity contribution in [1.82, 2.24) is 20.1 Å². The minimum Gasteiger partial charge on any atom is -0.444 e. The first-order valence-electron chi connectivity index (χ1n) is 11.3. The number of carbonyl (C=O) groups excluding carboxylic acids is 1. The second-order valence-corrected chi connectivity index (χ2v) is 9.93. The highest BCUT2D eigenvalue weighted by atomic mass is 19.2. The van der Waals surface area contributed by atoms with Crippen LogP contribution in [0.2, 0.25) is 0 Å². The van der Waals surface area contributed by atoms with Crippen molar-refractivity contribution in [1.29, 1.82) is 0 Å². The van der Waals surface area contributed by atoms with Gasteiger partial charge in [0.15, 0.2) is 11.7 Å². The van der Waals surface area contributed by atoms with Crippen LogP contribution in [0.15, 0.2) is 53.2 Å². The van der Waals surface area contributed by atoms with Crippen LogP contribution in [0.25, 0.3) is 11.5 Å². The fraction of sp³-hybridized carbons (Fsp3) is 0.440. The van der Waals surface area contributed by atoms with Crippen molar-refractivity contribution in [2.24, 2.45) is 0 Å². The van der Waals surface area contributed by atoms with Crippen molar-refractivity contribution in [2.45, 2.75) is 51.3 Å². The average molecular weight is 455 g/mol. The van der Waals surface area contributed by atoms with Crippen LogP contribution >= 0.6 is 0 Å². The largest absolute Gasteiger partial charge is 0.444 e. The number of allylic oxidation sites excluding steroid dienone is 1. The number of rotatable bonds is 1. The van der Waals surface area contributed by atoms with Crippen LogP contribution in [0.1, 0.15) is 44.9 Å². The third-order valence-electron chi connectivity index (χ3n) is 6.55. The molecule has 0 saturated carbocycles. The van der Waals surface area contributed by atoms with Gasteiger partial charge in [0.05, 0.1) is 17.4 Å². The summed E-state index contributed by atoms with van der Waals surface area (Å²) in [5.41, 5.74) is 2.96. The van der Waals surface area contributed by atoms with Crippen LogP contribution in [0.5, 0.6) is 0 Å². The molecule has 8 heteroatoms. The number of amides is 1. The highest BCUT2D eigenvalue weighted by Gasteiger charge is 2.43. The van der Waals surface area contributed by atoms with Crippen molar-refractivity contribution in [2.75, 3.05) is 20.1 Å². The van der Waals surface area contributed by atoms with Gasteiger partial charge in [-0.3, -0.25) is 4.98 Å². The fourth-order valence-corrected chi connectivity index (χ4v) is 4.99. The number of fused-ring (bicyclic) bond motifs is 2. The molecule has 1 aromatic heterocycles. The van der Waals surface area contributed by atoms with Crippen LogP contribution in [0, 0.1) is 0 Å². The molecule has 174 valence electrons. The molecule has 3 aliphatic heterocycles. The molecular formula is C25H28F2N4O2. The highest BCUT2D eigenvalue weighted by molar-refractivity contribution is 5.87. The van der Waals surface area contributed by atoms with Crippen LogP contribution in [-0.2, 0) is 4.74 Å². The van der Waals surface area contributed by atoms with Crippen molar-refractivity contribution in [3.05, 3.63) is 64.4 Å². The summed E-state index contributed by atoms with van der Waals surface area (Å²) in [5.74, 6) is -1.72. The van der Waals surface area contributed by atoms with E-state index in [0.717, 1.165) is 5.57 Å². The molecule has 0 saturated heterocycles. The summed E-state index contributed by atoms with van der Waals surface area (Å²) in [4.78, 5) is 20.5. The van der Waals surface area contributed by atoms with E-state index in [1.54, 1.807) is 29.4 Å². The number of halogens is 2. The zero-order chi connectivity index (χ0) is 23.5. The lowest BCUT2D eigenvalue weighted by Gasteiger charge is -2.38. The topological polar surface area (TPSA) is 57.7 Å². The molecule has 0 fully saturated rings. The third kappa shape index (κ3) is 3.71. The van der Waals surface area contributed by atoms with Crippen LogP contribution in [0.4, 0.5) is 13.6 Å². The molecule has 1 aliphatic carbocycles. The minimum atomic E-state index is -0.879. The Balaban J connectivity index is 1.45. The highest BCUT2D eigenvalue weighted by Crippen LogP contribution is 2.47. The quantitative estimate of drug-likeness (QED) is 0.632. The van der Waals surface area contributed by atoms with Gasteiger partial charge in [-0.1, -0.05) is 6.08 Å². The molecule has 4 heterocycles. The van der Waals surface area contributed by atoms with Crippen molar-refractivity contribution < 1.29 is 18.3 Å². The molecule has 1 N–H and O–H groups in total. The Morgan fingerprint density at radius 2 is 2.06 bits per heavy atom. The first kappa shape index (κ1) is 21.7. The van der Waals surface area contributed by atoms with E-state index in [2.05, 4.69) is 16.4 Å². The maximum Gasteiger partial charge on any atom is 0.410 e. The number of nitrogens with one attached hydrogen (secondary N) is 1. The second kappa shape index (κ2) is 7.71. The summed E-state index contributed by atoms with van der Waals surface area (Å²) in [5, 5.41) is 3.55. The Hall–Kier alpha value is -3.16. The molecule has 0 bridgehead atoms. The van der Waals surface area contributed by atoms with Crippen LogP contribution < -0.4 is 5.32 Å². The Kier molecular flexibility index (Phi) is 5.06. The van der Waals surface area contributed by atoms with Crippen molar-refractivity contribution in [3.8, 4) is 0 Å². The molecule has 0 aromatic carbocycles. The molecule has 1 amide bonds. The Morgan fingerprint density at radius 3 is 2.76 bits per heavy atom. The number of hydrogen-bond acceptors (Lipinski definition) is 5. The van der Waals surface area contributed by atoms with E-state index in [0.29, 0.717) is 37.3 Å². The van der Waals surface area contributed by atoms with Gasteiger partial charge in [0.1, 0.15) is 5.60 Å². The van der Waals surface area contributed by atoms with E-state index in [4.69, 9.17) is 4.74 Å². The number of aromatic nitrogens is 1. The van der Waals surface area contributed by atoms with Crippen molar-refractivity contribution >= 4 is 17.6 Å². The molecule has 6 nitrogen and oxygen atoms in total. The zero-order valence-electron chi connectivity index (χ0n) is 19.3. The summed E-state index contributed by atoms with van der Waals surface area (Å²) in [6.07, 6.45) is 6.45. The van der Waals surface area contributed by atoms with E-state index in [9.17, 15) is 4.79 Å². The van der Waals surface area contributed by atoms with Gasteiger partial charge in [-0.25, -0.2) is 13.6 Å². The monoisotopic (exact) mass is 454 g/mol. The van der Waals surface area contributed by atoms with Gasteiger partial charge in [-0.2, -0.15) is 0 Å². The zero-order valence-corrected chi connectivity index (χ0v) is 19.3. The van der Waals surface area contributed by atoms with Gasteiger partial charge in [-0.05, 0) is 51.3 Å². The molecule has 1 aromatic rings. The molecule has 4 aliphatic rings. The lowest BCUT2D eigenvalue weighted by atomic mass is 9.85. The van der Waals surface area contributed by atoms with Gasteiger partial charge in [0, 0.05) is 55.3 Å². The Labute approximate surface area is 192 Å².